The molecule has 4 aliphatic rings. The Kier molecular flexibility index (Phi) is 10.1. The van der Waals surface area contributed by atoms with Gasteiger partial charge in [-0.2, -0.15) is 0 Å². The number of hydrogen-bond donors (Lipinski definition) is 4. The van der Waals surface area contributed by atoms with Crippen molar-refractivity contribution in [1.82, 2.24) is 20.9 Å². The average Bonchev–Trinajstić information content (AvgIpc) is 3.86. The van der Waals surface area contributed by atoms with Crippen molar-refractivity contribution >= 4 is 29.5 Å². The molecule has 11 heteroatoms. The third-order valence-corrected chi connectivity index (χ3v) is 11.0. The highest BCUT2D eigenvalue weighted by Crippen LogP contribution is 2.65. The lowest BCUT2D eigenvalue weighted by Gasteiger charge is -2.40. The predicted molar refractivity (Wildman–Crippen MR) is 177 cm³/mol. The third-order valence-electron chi connectivity index (χ3n) is 11.0. The van der Waals surface area contributed by atoms with Crippen molar-refractivity contribution in [2.75, 3.05) is 13.2 Å². The lowest BCUT2D eigenvalue weighted by atomic mass is 9.82. The Hall–Kier alpha value is -3.47. The number of ether oxygens (including phenoxy) is 1. The van der Waals surface area contributed by atoms with E-state index < -0.39 is 52.7 Å². The van der Waals surface area contributed by atoms with E-state index in [1.807, 2.05) is 51.1 Å². The van der Waals surface area contributed by atoms with E-state index in [0.29, 0.717) is 26.2 Å². The van der Waals surface area contributed by atoms with Crippen LogP contribution in [-0.2, 0) is 30.5 Å². The van der Waals surface area contributed by atoms with E-state index in [-0.39, 0.29) is 29.1 Å². The number of hydrogen-bond acceptors (Lipinski definition) is 6. The minimum Gasteiger partial charge on any atom is -0.374 e. The van der Waals surface area contributed by atoms with Gasteiger partial charge in [-0.05, 0) is 53.4 Å². The molecular weight excluding hydrogens is 598 g/mol. The number of ketones is 1. The number of likely N-dealkylation sites (tertiary alicyclic amines) is 1. The monoisotopic (exact) mass is 651 g/mol. The molecule has 0 aromatic heterocycles. The van der Waals surface area contributed by atoms with Crippen LogP contribution < -0.4 is 21.7 Å². The molecule has 3 saturated carbocycles. The topological polar surface area (TPSA) is 160 Å². The summed E-state index contributed by atoms with van der Waals surface area (Å²) < 4.78 is 6.12. The molecule has 4 fully saturated rings. The van der Waals surface area contributed by atoms with Crippen LogP contribution in [-0.4, -0.2) is 71.3 Å². The second-order valence-electron chi connectivity index (χ2n) is 16.1. The van der Waals surface area contributed by atoms with Crippen molar-refractivity contribution in [3.63, 3.8) is 0 Å². The Labute approximate surface area is 278 Å². The number of nitrogens with two attached hydrogens (primary N) is 1. The maximum atomic E-state index is 14.4. The number of fused-ring (bicyclic) bond motifs is 1. The Morgan fingerprint density at radius 3 is 2.26 bits per heavy atom. The summed E-state index contributed by atoms with van der Waals surface area (Å²) in [4.78, 5) is 68.0. The number of primary amides is 1. The average molecular weight is 652 g/mol. The van der Waals surface area contributed by atoms with Crippen molar-refractivity contribution in [2.24, 2.45) is 34.3 Å². The molecule has 258 valence electrons. The number of carbonyl (C=O) groups excluding carboxylic acids is 5. The Morgan fingerprint density at radius 1 is 1.00 bits per heavy atom. The first-order chi connectivity index (χ1) is 22.1. The highest BCUT2D eigenvalue weighted by molar-refractivity contribution is 6.37. The highest BCUT2D eigenvalue weighted by Gasteiger charge is 2.70. The first kappa shape index (κ1) is 34.9. The van der Waals surface area contributed by atoms with Gasteiger partial charge in [-0.15, -0.1) is 0 Å². The van der Waals surface area contributed by atoms with Crippen LogP contribution in [0.25, 0.3) is 0 Å². The largest absolute Gasteiger partial charge is 0.374 e. The normalized spacial score (nSPS) is 25.6. The van der Waals surface area contributed by atoms with Gasteiger partial charge in [0.15, 0.2) is 0 Å². The summed E-state index contributed by atoms with van der Waals surface area (Å²) in [5, 5.41) is 8.99. The number of nitrogens with zero attached hydrogens (tertiary/aromatic N) is 1. The molecule has 0 radical (unpaired) electrons. The van der Waals surface area contributed by atoms with Crippen LogP contribution in [0.4, 0.5) is 4.79 Å². The van der Waals surface area contributed by atoms with E-state index in [9.17, 15) is 24.0 Å². The quantitative estimate of drug-likeness (QED) is 0.239. The summed E-state index contributed by atoms with van der Waals surface area (Å²) in [6.07, 6.45) is 6.83. The van der Waals surface area contributed by atoms with Gasteiger partial charge in [0.1, 0.15) is 12.1 Å². The molecule has 5 N–H and O–H groups in total. The van der Waals surface area contributed by atoms with Gasteiger partial charge in [0.05, 0.1) is 24.8 Å². The molecule has 0 bridgehead atoms. The minimum atomic E-state index is -1.08. The number of nitrogens with one attached hydrogen (secondary N) is 3. The molecule has 0 spiro atoms. The van der Waals surface area contributed by atoms with Crippen LogP contribution in [0.3, 0.4) is 0 Å². The first-order valence-corrected chi connectivity index (χ1v) is 17.3. The predicted octanol–water partition coefficient (Wildman–Crippen LogP) is 3.44. The Balaban J connectivity index is 1.29. The summed E-state index contributed by atoms with van der Waals surface area (Å²) >= 11 is 0. The van der Waals surface area contributed by atoms with E-state index in [1.54, 1.807) is 4.90 Å². The Morgan fingerprint density at radius 2 is 1.66 bits per heavy atom. The summed E-state index contributed by atoms with van der Waals surface area (Å²) in [5.41, 5.74) is 5.01. The SMILES string of the molecule is CC(C)(C)C(NC(=O)NC1(COCc2ccccc2)CCCCC1)C(=O)N1C[C@H]2[C@@H](C1C(=O)NC(CC1CC1)C(=O)C(N)=O)C2(C)C. The smallest absolute Gasteiger partial charge is 0.315 e. The van der Waals surface area contributed by atoms with Crippen LogP contribution >= 0.6 is 0 Å². The van der Waals surface area contributed by atoms with Crippen LogP contribution in [0, 0.1) is 28.6 Å². The molecule has 11 nitrogen and oxygen atoms in total. The van der Waals surface area contributed by atoms with E-state index in [0.717, 1.165) is 50.5 Å². The maximum absolute atomic E-state index is 14.4. The Bertz CT molecular complexity index is 1350. The minimum absolute atomic E-state index is 0.0987. The molecule has 1 aromatic rings. The number of amides is 5. The van der Waals surface area contributed by atoms with Gasteiger partial charge >= 0.3 is 6.03 Å². The zero-order valence-corrected chi connectivity index (χ0v) is 28.6. The van der Waals surface area contributed by atoms with Crippen LogP contribution in [0.2, 0.25) is 0 Å². The second kappa shape index (κ2) is 13.6. The molecule has 5 amide bonds. The van der Waals surface area contributed by atoms with Crippen molar-refractivity contribution in [3.05, 3.63) is 35.9 Å². The van der Waals surface area contributed by atoms with Gasteiger partial charge in [-0.3, -0.25) is 19.2 Å². The number of carbonyl (C=O) groups is 5. The fourth-order valence-corrected chi connectivity index (χ4v) is 7.86. The van der Waals surface area contributed by atoms with E-state index in [2.05, 4.69) is 29.8 Å². The standard InChI is InChI=1S/C36H53N5O6/c1-34(2,3)29(39-33(46)40-36(16-10-7-11-17-36)21-47-20-23-12-8-6-9-13-23)32(45)41-19-24-26(35(24,4)5)27(41)31(44)38-25(18-22-14-15-22)28(42)30(37)43/h6,8-9,12-13,22,24-27,29H,7,10-11,14-21H2,1-5H3,(H2,37,43)(H,38,44)(H2,39,40,46)/t24-,25?,26-,27?,29?/m0/s1. The van der Waals surface area contributed by atoms with E-state index >= 15 is 0 Å². The fraction of sp³-hybridized carbons (Fsp3) is 0.694. The molecule has 3 aliphatic carbocycles. The van der Waals surface area contributed by atoms with Gasteiger partial charge in [-0.1, -0.05) is 97.1 Å². The lowest BCUT2D eigenvalue weighted by Crippen LogP contribution is -2.63. The van der Waals surface area contributed by atoms with Gasteiger partial charge in [0.2, 0.25) is 17.6 Å². The van der Waals surface area contributed by atoms with E-state index in [4.69, 9.17) is 10.5 Å². The third kappa shape index (κ3) is 7.99. The summed E-state index contributed by atoms with van der Waals surface area (Å²) in [6, 6.07) is 6.72. The second-order valence-corrected chi connectivity index (χ2v) is 16.1. The molecule has 5 atom stereocenters. The number of benzene rings is 1. The first-order valence-electron chi connectivity index (χ1n) is 17.3. The van der Waals surface area contributed by atoms with Crippen molar-refractivity contribution in [2.45, 2.75) is 116 Å². The van der Waals surface area contributed by atoms with Crippen LogP contribution in [0.5, 0.6) is 0 Å². The van der Waals surface area contributed by atoms with Gasteiger partial charge in [0.25, 0.3) is 5.91 Å². The van der Waals surface area contributed by atoms with Crippen molar-refractivity contribution < 1.29 is 28.7 Å². The van der Waals surface area contributed by atoms with Crippen LogP contribution in [0.1, 0.15) is 91.5 Å². The number of Topliss-reactive ketones (excluding diaryl/α,β-unsaturated/α-hetero) is 1. The van der Waals surface area contributed by atoms with Gasteiger partial charge in [-0.25, -0.2) is 4.79 Å². The van der Waals surface area contributed by atoms with Gasteiger partial charge in [0, 0.05) is 6.54 Å². The summed E-state index contributed by atoms with van der Waals surface area (Å²) in [6.45, 7) is 11.0. The van der Waals surface area contributed by atoms with Crippen molar-refractivity contribution in [1.29, 1.82) is 0 Å². The summed E-state index contributed by atoms with van der Waals surface area (Å²) in [5.74, 6) is -2.42. The lowest BCUT2D eigenvalue weighted by molar-refractivity contribution is -0.145. The zero-order valence-electron chi connectivity index (χ0n) is 28.6. The van der Waals surface area contributed by atoms with Gasteiger partial charge < -0.3 is 31.3 Å². The highest BCUT2D eigenvalue weighted by atomic mass is 16.5. The zero-order chi connectivity index (χ0) is 34.1. The fourth-order valence-electron chi connectivity index (χ4n) is 7.86. The number of piperidine rings is 1. The number of urea groups is 1. The molecule has 1 heterocycles. The molecule has 1 saturated heterocycles. The summed E-state index contributed by atoms with van der Waals surface area (Å²) in [7, 11) is 0. The molecule has 3 unspecified atom stereocenters. The van der Waals surface area contributed by atoms with E-state index in [1.165, 1.54) is 0 Å². The molecular formula is C36H53N5O6. The number of rotatable bonds is 13. The molecule has 5 rings (SSSR count). The molecule has 1 aliphatic heterocycles. The maximum Gasteiger partial charge on any atom is 0.315 e. The molecule has 1 aromatic carbocycles. The van der Waals surface area contributed by atoms with Crippen LogP contribution in [0.15, 0.2) is 30.3 Å². The molecule has 47 heavy (non-hydrogen) atoms. The van der Waals surface area contributed by atoms with Crippen molar-refractivity contribution in [3.8, 4) is 0 Å².